The molecule has 4 nitrogen and oxygen atoms in total. The van der Waals surface area contributed by atoms with E-state index in [-0.39, 0.29) is 5.91 Å². The summed E-state index contributed by atoms with van der Waals surface area (Å²) in [7, 11) is 0. The summed E-state index contributed by atoms with van der Waals surface area (Å²) in [4.78, 5) is 11.8. The van der Waals surface area contributed by atoms with Gasteiger partial charge in [0.15, 0.2) is 6.10 Å². The molecule has 0 radical (unpaired) electrons. The van der Waals surface area contributed by atoms with Gasteiger partial charge in [0.25, 0.3) is 5.91 Å². The molecule has 0 fully saturated rings. The van der Waals surface area contributed by atoms with E-state index in [4.69, 9.17) is 21.6 Å². The Labute approximate surface area is 124 Å². The lowest BCUT2D eigenvalue weighted by molar-refractivity contribution is -0.127. The van der Waals surface area contributed by atoms with Crippen molar-refractivity contribution in [3.05, 3.63) is 28.8 Å². The second-order valence-electron chi connectivity index (χ2n) is 4.52. The van der Waals surface area contributed by atoms with Gasteiger partial charge in [-0.3, -0.25) is 4.79 Å². The van der Waals surface area contributed by atoms with Gasteiger partial charge in [0.2, 0.25) is 0 Å². The van der Waals surface area contributed by atoms with Crippen molar-refractivity contribution >= 4 is 17.5 Å². The number of ether oxygens (including phenoxy) is 1. The van der Waals surface area contributed by atoms with E-state index in [1.54, 1.807) is 19.1 Å². The molecule has 1 N–H and O–H groups in total. The first kappa shape index (κ1) is 16.3. The zero-order valence-electron chi connectivity index (χ0n) is 11.8. The van der Waals surface area contributed by atoms with Gasteiger partial charge in [0.1, 0.15) is 5.75 Å². The van der Waals surface area contributed by atoms with Crippen LogP contribution in [0.4, 0.5) is 0 Å². The molecule has 0 saturated carbocycles. The maximum atomic E-state index is 11.8. The second kappa shape index (κ2) is 8.44. The molecule has 20 heavy (non-hydrogen) atoms. The average molecular weight is 295 g/mol. The van der Waals surface area contributed by atoms with Crippen LogP contribution in [0.1, 0.15) is 38.7 Å². The van der Waals surface area contributed by atoms with Crippen molar-refractivity contribution in [2.45, 2.75) is 39.2 Å². The fourth-order valence-corrected chi connectivity index (χ4v) is 1.87. The van der Waals surface area contributed by atoms with Crippen LogP contribution < -0.4 is 10.1 Å². The van der Waals surface area contributed by atoms with Crippen molar-refractivity contribution in [3.8, 4) is 11.8 Å². The number of carbonyl (C=O) groups is 1. The van der Waals surface area contributed by atoms with E-state index in [1.165, 1.54) is 6.07 Å². The zero-order chi connectivity index (χ0) is 15.0. The summed E-state index contributed by atoms with van der Waals surface area (Å²) in [6, 6.07) is 6.71. The highest BCUT2D eigenvalue weighted by Gasteiger charge is 2.15. The molecule has 0 aliphatic carbocycles. The monoisotopic (exact) mass is 294 g/mol. The number of hydrogen-bond donors (Lipinski definition) is 1. The van der Waals surface area contributed by atoms with Gasteiger partial charge in [-0.05, 0) is 31.5 Å². The van der Waals surface area contributed by atoms with E-state index in [2.05, 4.69) is 12.2 Å². The molecule has 1 rings (SSSR count). The number of unbranched alkanes of at least 4 members (excludes halogenated alkanes) is 2. The first-order chi connectivity index (χ1) is 9.58. The zero-order valence-corrected chi connectivity index (χ0v) is 12.5. The number of nitriles is 1. The number of halogens is 1. The summed E-state index contributed by atoms with van der Waals surface area (Å²) in [6.07, 6.45) is 2.55. The van der Waals surface area contributed by atoms with Crippen LogP contribution in [-0.2, 0) is 4.79 Å². The smallest absolute Gasteiger partial charge is 0.260 e. The van der Waals surface area contributed by atoms with E-state index in [0.29, 0.717) is 22.9 Å². The minimum atomic E-state index is -0.623. The molecule has 1 aromatic carbocycles. The number of carbonyl (C=O) groups excluding carboxylic acids is 1. The molecule has 0 bridgehead atoms. The van der Waals surface area contributed by atoms with E-state index in [9.17, 15) is 4.79 Å². The van der Waals surface area contributed by atoms with Crippen LogP contribution in [0, 0.1) is 11.3 Å². The third-order valence-corrected chi connectivity index (χ3v) is 3.11. The Kier molecular flexibility index (Phi) is 6.89. The molecule has 0 saturated heterocycles. The van der Waals surface area contributed by atoms with E-state index >= 15 is 0 Å². The topological polar surface area (TPSA) is 62.1 Å². The minimum Gasteiger partial charge on any atom is -0.479 e. The largest absolute Gasteiger partial charge is 0.479 e. The maximum absolute atomic E-state index is 11.8. The molecule has 1 amide bonds. The highest BCUT2D eigenvalue weighted by atomic mass is 35.5. The van der Waals surface area contributed by atoms with Gasteiger partial charge < -0.3 is 10.1 Å². The Balaban J connectivity index is 2.51. The Bertz CT molecular complexity index is 497. The Hall–Kier alpha value is -1.73. The number of hydrogen-bond acceptors (Lipinski definition) is 3. The molecule has 0 heterocycles. The first-order valence-corrected chi connectivity index (χ1v) is 7.10. The van der Waals surface area contributed by atoms with Crippen LogP contribution >= 0.6 is 11.6 Å². The van der Waals surface area contributed by atoms with Crippen molar-refractivity contribution < 1.29 is 9.53 Å². The van der Waals surface area contributed by atoms with Crippen LogP contribution in [0.5, 0.6) is 5.75 Å². The van der Waals surface area contributed by atoms with E-state index in [1.807, 2.05) is 6.07 Å². The van der Waals surface area contributed by atoms with E-state index in [0.717, 1.165) is 19.3 Å². The van der Waals surface area contributed by atoms with Crippen LogP contribution in [-0.4, -0.2) is 18.6 Å². The van der Waals surface area contributed by atoms with Crippen LogP contribution in [0.2, 0.25) is 5.02 Å². The average Bonchev–Trinajstić information content (AvgIpc) is 2.45. The van der Waals surface area contributed by atoms with Crippen LogP contribution in [0.25, 0.3) is 0 Å². The van der Waals surface area contributed by atoms with Gasteiger partial charge >= 0.3 is 0 Å². The van der Waals surface area contributed by atoms with Gasteiger partial charge in [-0.1, -0.05) is 31.4 Å². The molecule has 1 aromatic rings. The summed E-state index contributed by atoms with van der Waals surface area (Å²) in [5.41, 5.74) is 0.457. The number of amides is 1. The fourth-order valence-electron chi connectivity index (χ4n) is 1.64. The second-order valence-corrected chi connectivity index (χ2v) is 4.92. The fraction of sp³-hybridized carbons (Fsp3) is 0.467. The lowest BCUT2D eigenvalue weighted by Crippen LogP contribution is -2.36. The van der Waals surface area contributed by atoms with Gasteiger partial charge in [-0.15, -0.1) is 0 Å². The van der Waals surface area contributed by atoms with Crippen molar-refractivity contribution in [2.75, 3.05) is 6.54 Å². The Morgan fingerprint density at radius 2 is 2.25 bits per heavy atom. The molecule has 0 aliphatic heterocycles. The van der Waals surface area contributed by atoms with Crippen molar-refractivity contribution in [1.82, 2.24) is 5.32 Å². The van der Waals surface area contributed by atoms with Crippen molar-refractivity contribution in [1.29, 1.82) is 5.26 Å². The molecule has 5 heteroatoms. The third kappa shape index (κ3) is 5.10. The molecule has 0 aliphatic rings. The summed E-state index contributed by atoms with van der Waals surface area (Å²) in [6.45, 7) is 4.44. The standard InChI is InChI=1S/C15H19ClN2O2/c1-3-4-5-8-18-15(19)11(2)20-14-7-6-12(10-17)9-13(14)16/h6-7,9,11H,3-5,8H2,1-2H3,(H,18,19). The quantitative estimate of drug-likeness (QED) is 0.785. The minimum absolute atomic E-state index is 0.165. The Morgan fingerprint density at radius 3 is 2.85 bits per heavy atom. The Morgan fingerprint density at radius 1 is 1.50 bits per heavy atom. The summed E-state index contributed by atoms with van der Waals surface area (Å²) >= 11 is 5.99. The SMILES string of the molecule is CCCCCNC(=O)C(C)Oc1ccc(C#N)cc1Cl. The van der Waals surface area contributed by atoms with Crippen molar-refractivity contribution in [3.63, 3.8) is 0 Å². The van der Waals surface area contributed by atoms with Gasteiger partial charge in [-0.25, -0.2) is 0 Å². The molecular weight excluding hydrogens is 276 g/mol. The molecule has 0 aromatic heterocycles. The highest BCUT2D eigenvalue weighted by molar-refractivity contribution is 6.32. The third-order valence-electron chi connectivity index (χ3n) is 2.81. The lowest BCUT2D eigenvalue weighted by Gasteiger charge is -2.15. The van der Waals surface area contributed by atoms with Crippen LogP contribution in [0.15, 0.2) is 18.2 Å². The van der Waals surface area contributed by atoms with Crippen molar-refractivity contribution in [2.24, 2.45) is 0 Å². The normalized spacial score (nSPS) is 11.5. The number of nitrogens with zero attached hydrogens (tertiary/aromatic N) is 1. The number of rotatable bonds is 7. The summed E-state index contributed by atoms with van der Waals surface area (Å²) in [5, 5.41) is 11.9. The summed E-state index contributed by atoms with van der Waals surface area (Å²) < 4.78 is 5.51. The molecule has 0 spiro atoms. The predicted octanol–water partition coefficient (Wildman–Crippen LogP) is 3.29. The molecular formula is C15H19ClN2O2. The van der Waals surface area contributed by atoms with Gasteiger partial charge in [-0.2, -0.15) is 5.26 Å². The maximum Gasteiger partial charge on any atom is 0.260 e. The molecule has 108 valence electrons. The van der Waals surface area contributed by atoms with Gasteiger partial charge in [0.05, 0.1) is 16.7 Å². The number of benzene rings is 1. The molecule has 1 unspecified atom stereocenters. The number of nitrogens with one attached hydrogen (secondary N) is 1. The highest BCUT2D eigenvalue weighted by Crippen LogP contribution is 2.26. The van der Waals surface area contributed by atoms with E-state index < -0.39 is 6.10 Å². The lowest BCUT2D eigenvalue weighted by atomic mass is 10.2. The molecule has 1 atom stereocenters. The predicted molar refractivity (Wildman–Crippen MR) is 78.8 cm³/mol. The summed E-state index contributed by atoms with van der Waals surface area (Å²) in [5.74, 6) is 0.239. The first-order valence-electron chi connectivity index (χ1n) is 6.72. The van der Waals surface area contributed by atoms with Crippen LogP contribution in [0.3, 0.4) is 0 Å². The van der Waals surface area contributed by atoms with Gasteiger partial charge in [0, 0.05) is 6.54 Å².